The van der Waals surface area contributed by atoms with E-state index in [1.165, 1.54) is 0 Å². The van der Waals surface area contributed by atoms with Crippen LogP contribution in [0.1, 0.15) is 5.56 Å². The van der Waals surface area contributed by atoms with Crippen molar-refractivity contribution in [1.82, 2.24) is 10.3 Å². The molecule has 5 nitrogen and oxygen atoms in total. The van der Waals surface area contributed by atoms with Gasteiger partial charge < -0.3 is 11.1 Å². The molecule has 0 aliphatic heterocycles. The molecule has 15 heavy (non-hydrogen) atoms. The van der Waals surface area contributed by atoms with Gasteiger partial charge in [0.2, 0.25) is 11.6 Å². The van der Waals surface area contributed by atoms with Crippen LogP contribution in [0.15, 0.2) is 28.9 Å². The first kappa shape index (κ1) is 9.79. The fourth-order valence-electron chi connectivity index (χ4n) is 1.11. The number of aromatic nitrogens is 2. The highest BCUT2D eigenvalue weighted by molar-refractivity contribution is 6.30. The van der Waals surface area contributed by atoms with E-state index < -0.39 is 0 Å². The molecule has 0 radical (unpaired) electrons. The number of hydrogen-bond acceptors (Lipinski definition) is 5. The summed E-state index contributed by atoms with van der Waals surface area (Å²) in [6.07, 6.45) is 0. The zero-order valence-corrected chi connectivity index (χ0v) is 8.53. The highest BCUT2D eigenvalue weighted by Crippen LogP contribution is 2.14. The highest BCUT2D eigenvalue weighted by atomic mass is 35.5. The maximum absolute atomic E-state index is 5.76. The quantitative estimate of drug-likeness (QED) is 0.833. The Morgan fingerprint density at radius 1 is 1.27 bits per heavy atom. The zero-order valence-electron chi connectivity index (χ0n) is 7.77. The van der Waals surface area contributed by atoms with Crippen molar-refractivity contribution < 1.29 is 4.63 Å². The molecule has 0 spiro atoms. The zero-order chi connectivity index (χ0) is 10.7. The lowest BCUT2D eigenvalue weighted by Gasteiger charge is -2.02. The first-order valence-electron chi connectivity index (χ1n) is 4.32. The van der Waals surface area contributed by atoms with Crippen molar-refractivity contribution in [3.05, 3.63) is 34.9 Å². The van der Waals surface area contributed by atoms with Crippen molar-refractivity contribution in [3.63, 3.8) is 0 Å². The molecule has 0 aliphatic rings. The standard InChI is InChI=1S/C9H9ClN4O/c10-7-3-1-6(2-4-7)5-12-9-8(11)13-15-14-9/h1-4H,5H2,(H2,11,13)(H,12,14). The van der Waals surface area contributed by atoms with E-state index in [0.29, 0.717) is 17.4 Å². The van der Waals surface area contributed by atoms with Crippen molar-refractivity contribution in [2.45, 2.75) is 6.54 Å². The molecule has 1 heterocycles. The van der Waals surface area contributed by atoms with E-state index in [4.69, 9.17) is 17.3 Å². The van der Waals surface area contributed by atoms with E-state index >= 15 is 0 Å². The van der Waals surface area contributed by atoms with E-state index in [2.05, 4.69) is 20.3 Å². The third-order valence-corrected chi connectivity index (χ3v) is 2.14. The number of halogens is 1. The molecule has 78 valence electrons. The Kier molecular flexibility index (Phi) is 2.73. The van der Waals surface area contributed by atoms with Gasteiger partial charge in [-0.1, -0.05) is 23.7 Å². The lowest BCUT2D eigenvalue weighted by molar-refractivity contribution is 0.310. The van der Waals surface area contributed by atoms with Crippen LogP contribution in [-0.4, -0.2) is 10.3 Å². The first-order valence-corrected chi connectivity index (χ1v) is 4.70. The topological polar surface area (TPSA) is 77.0 Å². The predicted octanol–water partition coefficient (Wildman–Crippen LogP) is 1.92. The minimum absolute atomic E-state index is 0.254. The summed E-state index contributed by atoms with van der Waals surface area (Å²) < 4.78 is 4.44. The molecular formula is C9H9ClN4O. The van der Waals surface area contributed by atoms with E-state index in [9.17, 15) is 0 Å². The van der Waals surface area contributed by atoms with Gasteiger partial charge in [-0.15, -0.1) is 0 Å². The van der Waals surface area contributed by atoms with Gasteiger partial charge in [-0.05, 0) is 28.0 Å². The molecular weight excluding hydrogens is 216 g/mol. The van der Waals surface area contributed by atoms with Crippen LogP contribution in [0.2, 0.25) is 5.02 Å². The van der Waals surface area contributed by atoms with Crippen LogP contribution in [-0.2, 0) is 6.54 Å². The molecule has 0 bridgehead atoms. The smallest absolute Gasteiger partial charge is 0.215 e. The molecule has 6 heteroatoms. The molecule has 1 aromatic heterocycles. The van der Waals surface area contributed by atoms with Crippen LogP contribution >= 0.6 is 11.6 Å². The minimum atomic E-state index is 0.254. The van der Waals surface area contributed by atoms with E-state index in [1.54, 1.807) is 0 Å². The molecule has 2 aromatic rings. The van der Waals surface area contributed by atoms with Gasteiger partial charge in [0.25, 0.3) is 0 Å². The minimum Gasteiger partial charge on any atom is -0.378 e. The van der Waals surface area contributed by atoms with Gasteiger partial charge in [0.1, 0.15) is 0 Å². The van der Waals surface area contributed by atoms with E-state index in [-0.39, 0.29) is 5.82 Å². The molecule has 0 amide bonds. The number of nitrogens with two attached hydrogens (primary N) is 1. The van der Waals surface area contributed by atoms with Gasteiger partial charge in [-0.25, -0.2) is 4.63 Å². The van der Waals surface area contributed by atoms with Crippen LogP contribution < -0.4 is 11.1 Å². The van der Waals surface area contributed by atoms with E-state index in [0.717, 1.165) is 5.56 Å². The SMILES string of the molecule is Nc1nonc1NCc1ccc(Cl)cc1. The molecule has 0 unspecified atom stereocenters. The Morgan fingerprint density at radius 3 is 2.60 bits per heavy atom. The van der Waals surface area contributed by atoms with Crippen molar-refractivity contribution in [3.8, 4) is 0 Å². The summed E-state index contributed by atoms with van der Waals surface area (Å²) in [5, 5.41) is 10.8. The lowest BCUT2D eigenvalue weighted by Crippen LogP contribution is -2.01. The average molecular weight is 225 g/mol. The second-order valence-electron chi connectivity index (χ2n) is 2.98. The fraction of sp³-hybridized carbons (Fsp3) is 0.111. The number of benzene rings is 1. The highest BCUT2D eigenvalue weighted by Gasteiger charge is 2.04. The van der Waals surface area contributed by atoms with Gasteiger partial charge in [-0.3, -0.25) is 0 Å². The van der Waals surface area contributed by atoms with Crippen LogP contribution in [0.5, 0.6) is 0 Å². The Hall–Kier alpha value is -1.75. The van der Waals surface area contributed by atoms with Crippen molar-refractivity contribution >= 4 is 23.2 Å². The maximum Gasteiger partial charge on any atom is 0.215 e. The molecule has 2 rings (SSSR count). The monoisotopic (exact) mass is 224 g/mol. The summed E-state index contributed by atoms with van der Waals surface area (Å²) in [5.41, 5.74) is 6.55. The van der Waals surface area contributed by atoms with Gasteiger partial charge in [0, 0.05) is 11.6 Å². The fourth-order valence-corrected chi connectivity index (χ4v) is 1.23. The Labute approximate surface area is 91.2 Å². The van der Waals surface area contributed by atoms with Crippen molar-refractivity contribution in [2.75, 3.05) is 11.1 Å². The molecule has 3 N–H and O–H groups in total. The summed E-state index contributed by atoms with van der Waals surface area (Å²) in [4.78, 5) is 0. The molecule has 0 aliphatic carbocycles. The number of nitrogens with zero attached hydrogens (tertiary/aromatic N) is 2. The third kappa shape index (κ3) is 2.38. The molecule has 1 aromatic carbocycles. The van der Waals surface area contributed by atoms with Crippen LogP contribution in [0.3, 0.4) is 0 Å². The van der Waals surface area contributed by atoms with Crippen molar-refractivity contribution in [2.24, 2.45) is 0 Å². The molecule has 0 saturated heterocycles. The summed E-state index contributed by atoms with van der Waals surface area (Å²) in [7, 11) is 0. The van der Waals surface area contributed by atoms with Crippen LogP contribution in [0.4, 0.5) is 11.6 Å². The number of nitrogens with one attached hydrogen (secondary N) is 1. The number of rotatable bonds is 3. The van der Waals surface area contributed by atoms with Gasteiger partial charge in [-0.2, -0.15) is 0 Å². The summed E-state index contributed by atoms with van der Waals surface area (Å²) in [5.74, 6) is 0.703. The van der Waals surface area contributed by atoms with Crippen molar-refractivity contribution in [1.29, 1.82) is 0 Å². The largest absolute Gasteiger partial charge is 0.378 e. The second-order valence-corrected chi connectivity index (χ2v) is 3.41. The predicted molar refractivity (Wildman–Crippen MR) is 57.5 cm³/mol. The number of anilines is 2. The van der Waals surface area contributed by atoms with Crippen LogP contribution in [0, 0.1) is 0 Å². The Bertz CT molecular complexity index is 440. The third-order valence-electron chi connectivity index (χ3n) is 1.89. The normalized spacial score (nSPS) is 10.2. The lowest BCUT2D eigenvalue weighted by atomic mass is 10.2. The molecule has 0 atom stereocenters. The average Bonchev–Trinajstić information content (AvgIpc) is 2.63. The molecule has 0 fully saturated rings. The Balaban J connectivity index is 1.99. The summed E-state index contributed by atoms with van der Waals surface area (Å²) in [6, 6.07) is 7.48. The van der Waals surface area contributed by atoms with Gasteiger partial charge in [0.15, 0.2) is 0 Å². The maximum atomic E-state index is 5.76. The summed E-state index contributed by atoms with van der Waals surface area (Å²) in [6.45, 7) is 0.593. The Morgan fingerprint density at radius 2 is 2.00 bits per heavy atom. The van der Waals surface area contributed by atoms with E-state index in [1.807, 2.05) is 24.3 Å². The second kappa shape index (κ2) is 4.18. The van der Waals surface area contributed by atoms with Crippen LogP contribution in [0.25, 0.3) is 0 Å². The number of nitrogen functional groups attached to an aromatic ring is 1. The van der Waals surface area contributed by atoms with Gasteiger partial charge >= 0.3 is 0 Å². The first-order chi connectivity index (χ1) is 7.25. The van der Waals surface area contributed by atoms with Gasteiger partial charge in [0.05, 0.1) is 0 Å². The number of hydrogen-bond donors (Lipinski definition) is 2. The summed E-state index contributed by atoms with van der Waals surface area (Å²) >= 11 is 5.76. The molecule has 0 saturated carbocycles.